The van der Waals surface area contributed by atoms with Crippen molar-refractivity contribution in [2.24, 2.45) is 11.7 Å². The van der Waals surface area contributed by atoms with Crippen LogP contribution in [0.25, 0.3) is 10.2 Å². The number of benzene rings is 1. The minimum Gasteiger partial charge on any atom is -0.354 e. The van der Waals surface area contributed by atoms with Crippen LogP contribution in [0.4, 0.5) is 0 Å². The molecule has 1 amide bonds. The maximum atomic E-state index is 12.9. The Hall–Kier alpha value is -1.79. The number of fused-ring (bicyclic) bond motifs is 1. The summed E-state index contributed by atoms with van der Waals surface area (Å²) < 4.78 is 1.19. The predicted molar refractivity (Wildman–Crippen MR) is 128 cm³/mol. The summed E-state index contributed by atoms with van der Waals surface area (Å²) in [4.78, 5) is 29.9. The van der Waals surface area contributed by atoms with E-state index in [-0.39, 0.29) is 17.6 Å². The normalized spacial score (nSPS) is 17.5. The number of carbonyl (C=O) groups is 2. The molecule has 0 radical (unpaired) electrons. The molecule has 0 spiro atoms. The molecular formula is C25H37N3O2S. The maximum Gasteiger partial charge on any atom is 0.240 e. The SMILES string of the molecule is CCC(=O)C[C@H](CNC(=O)C1(N)CCCCCC1)Cc1nc2ccc(C(C)C)cc2s1. The van der Waals surface area contributed by atoms with Crippen LogP contribution in [-0.4, -0.2) is 28.8 Å². The molecule has 170 valence electrons. The van der Waals surface area contributed by atoms with Crippen LogP contribution in [0.2, 0.25) is 0 Å². The van der Waals surface area contributed by atoms with Gasteiger partial charge in [-0.2, -0.15) is 0 Å². The number of nitrogens with two attached hydrogens (primary N) is 1. The van der Waals surface area contributed by atoms with E-state index in [9.17, 15) is 9.59 Å². The number of Topliss-reactive ketones (excluding diaryl/α,β-unsaturated/α-hetero) is 1. The van der Waals surface area contributed by atoms with E-state index >= 15 is 0 Å². The lowest BCUT2D eigenvalue weighted by molar-refractivity contribution is -0.127. The van der Waals surface area contributed by atoms with Crippen molar-refractivity contribution >= 4 is 33.2 Å². The Labute approximate surface area is 190 Å². The number of nitrogens with zero attached hydrogens (tertiary/aromatic N) is 1. The number of nitrogens with one attached hydrogen (secondary N) is 1. The monoisotopic (exact) mass is 443 g/mol. The van der Waals surface area contributed by atoms with Crippen molar-refractivity contribution in [2.75, 3.05) is 6.54 Å². The lowest BCUT2D eigenvalue weighted by atomic mass is 9.90. The molecule has 2 aromatic rings. The molecule has 0 bridgehead atoms. The minimum absolute atomic E-state index is 0.0379. The molecule has 31 heavy (non-hydrogen) atoms. The molecule has 1 aromatic carbocycles. The van der Waals surface area contributed by atoms with Gasteiger partial charge in [0, 0.05) is 25.8 Å². The number of amides is 1. The van der Waals surface area contributed by atoms with Crippen molar-refractivity contribution in [3.63, 3.8) is 0 Å². The third-order valence-electron chi connectivity index (χ3n) is 6.50. The van der Waals surface area contributed by atoms with Gasteiger partial charge >= 0.3 is 0 Å². The van der Waals surface area contributed by atoms with E-state index < -0.39 is 5.54 Å². The highest BCUT2D eigenvalue weighted by molar-refractivity contribution is 7.18. The fourth-order valence-electron chi connectivity index (χ4n) is 4.36. The van der Waals surface area contributed by atoms with Crippen molar-refractivity contribution in [3.8, 4) is 0 Å². The number of aromatic nitrogens is 1. The quantitative estimate of drug-likeness (QED) is 0.527. The first-order valence-electron chi connectivity index (χ1n) is 11.8. The van der Waals surface area contributed by atoms with Crippen LogP contribution >= 0.6 is 11.3 Å². The van der Waals surface area contributed by atoms with Crippen molar-refractivity contribution in [1.82, 2.24) is 10.3 Å². The highest BCUT2D eigenvalue weighted by Gasteiger charge is 2.34. The van der Waals surface area contributed by atoms with Gasteiger partial charge in [-0.05, 0) is 42.4 Å². The molecule has 6 heteroatoms. The molecule has 5 nitrogen and oxygen atoms in total. The molecule has 3 N–H and O–H groups in total. The van der Waals surface area contributed by atoms with Crippen LogP contribution < -0.4 is 11.1 Å². The molecule has 0 aliphatic heterocycles. The van der Waals surface area contributed by atoms with Crippen molar-refractivity contribution in [1.29, 1.82) is 0 Å². The van der Waals surface area contributed by atoms with E-state index in [1.807, 2.05) is 6.92 Å². The third-order valence-corrected chi connectivity index (χ3v) is 7.54. The van der Waals surface area contributed by atoms with Crippen LogP contribution in [0.1, 0.15) is 88.6 Å². The molecule has 3 rings (SSSR count). The summed E-state index contributed by atoms with van der Waals surface area (Å²) in [5.41, 5.74) is 8.02. The van der Waals surface area contributed by atoms with Crippen LogP contribution in [0.15, 0.2) is 18.2 Å². The van der Waals surface area contributed by atoms with Gasteiger partial charge in [0.15, 0.2) is 0 Å². The van der Waals surface area contributed by atoms with Gasteiger partial charge in [0.05, 0.1) is 20.8 Å². The zero-order chi connectivity index (χ0) is 22.4. The second-order valence-electron chi connectivity index (χ2n) is 9.44. The molecule has 1 aromatic heterocycles. The van der Waals surface area contributed by atoms with E-state index in [4.69, 9.17) is 10.7 Å². The van der Waals surface area contributed by atoms with Gasteiger partial charge in [0.2, 0.25) is 5.91 Å². The largest absolute Gasteiger partial charge is 0.354 e. The fourth-order valence-corrected chi connectivity index (χ4v) is 5.49. The molecule has 0 unspecified atom stereocenters. The number of hydrogen-bond acceptors (Lipinski definition) is 5. The highest BCUT2D eigenvalue weighted by Crippen LogP contribution is 2.29. The Morgan fingerprint density at radius 1 is 1.19 bits per heavy atom. The summed E-state index contributed by atoms with van der Waals surface area (Å²) in [5, 5.41) is 4.11. The first-order chi connectivity index (χ1) is 14.8. The van der Waals surface area contributed by atoms with Gasteiger partial charge in [-0.3, -0.25) is 9.59 Å². The molecule has 1 atom stereocenters. The number of ketones is 1. The van der Waals surface area contributed by atoms with Crippen LogP contribution in [0, 0.1) is 5.92 Å². The summed E-state index contributed by atoms with van der Waals surface area (Å²) >= 11 is 1.70. The molecular weight excluding hydrogens is 406 g/mol. The smallest absolute Gasteiger partial charge is 0.240 e. The van der Waals surface area contributed by atoms with Gasteiger partial charge in [0.25, 0.3) is 0 Å². The molecule has 1 aliphatic rings. The number of rotatable bonds is 9. The van der Waals surface area contributed by atoms with Crippen molar-refractivity contribution in [3.05, 3.63) is 28.8 Å². The number of carbonyl (C=O) groups excluding carboxylic acids is 2. The average molecular weight is 444 g/mol. The molecule has 1 saturated carbocycles. The Balaban J connectivity index is 1.69. The summed E-state index contributed by atoms with van der Waals surface area (Å²) in [6.45, 7) is 6.74. The Morgan fingerprint density at radius 2 is 1.90 bits per heavy atom. The van der Waals surface area contributed by atoms with E-state index in [0.717, 1.165) is 49.0 Å². The van der Waals surface area contributed by atoms with Crippen molar-refractivity contribution < 1.29 is 9.59 Å². The first-order valence-corrected chi connectivity index (χ1v) is 12.6. The molecule has 0 saturated heterocycles. The van der Waals surface area contributed by atoms with Crippen LogP contribution in [-0.2, 0) is 16.0 Å². The minimum atomic E-state index is -0.765. The van der Waals surface area contributed by atoms with Crippen molar-refractivity contribution in [2.45, 2.75) is 90.0 Å². The maximum absolute atomic E-state index is 12.9. The zero-order valence-electron chi connectivity index (χ0n) is 19.2. The van der Waals surface area contributed by atoms with Gasteiger partial charge < -0.3 is 11.1 Å². The highest BCUT2D eigenvalue weighted by atomic mass is 32.1. The summed E-state index contributed by atoms with van der Waals surface area (Å²) in [6, 6.07) is 6.45. The van der Waals surface area contributed by atoms with E-state index in [2.05, 4.69) is 37.4 Å². The Morgan fingerprint density at radius 3 is 2.55 bits per heavy atom. The molecule has 1 fully saturated rings. The van der Waals surface area contributed by atoms with Crippen LogP contribution in [0.5, 0.6) is 0 Å². The molecule has 1 heterocycles. The second-order valence-corrected chi connectivity index (χ2v) is 10.6. The zero-order valence-corrected chi connectivity index (χ0v) is 20.0. The fraction of sp³-hybridized carbons (Fsp3) is 0.640. The Kier molecular flexibility index (Phi) is 8.23. The van der Waals surface area contributed by atoms with Gasteiger partial charge in [0.1, 0.15) is 5.78 Å². The summed E-state index contributed by atoms with van der Waals surface area (Å²) in [5.74, 6) is 0.678. The van der Waals surface area contributed by atoms with Gasteiger partial charge in [-0.25, -0.2) is 4.98 Å². The van der Waals surface area contributed by atoms with Crippen LogP contribution in [0.3, 0.4) is 0 Å². The van der Waals surface area contributed by atoms with E-state index in [1.54, 1.807) is 11.3 Å². The number of hydrogen-bond donors (Lipinski definition) is 2. The lowest BCUT2D eigenvalue weighted by Gasteiger charge is -2.27. The van der Waals surface area contributed by atoms with E-state index in [0.29, 0.717) is 31.7 Å². The predicted octanol–water partition coefficient (Wildman–Crippen LogP) is 5.12. The first kappa shape index (κ1) is 23.9. The third kappa shape index (κ3) is 6.36. The van der Waals surface area contributed by atoms with E-state index in [1.165, 1.54) is 10.3 Å². The average Bonchev–Trinajstić information content (AvgIpc) is 3.01. The van der Waals surface area contributed by atoms with Gasteiger partial charge in [-0.15, -0.1) is 11.3 Å². The lowest BCUT2D eigenvalue weighted by Crippen LogP contribution is -2.54. The molecule has 1 aliphatic carbocycles. The number of thiazole rings is 1. The van der Waals surface area contributed by atoms with Gasteiger partial charge in [-0.1, -0.05) is 52.5 Å². The summed E-state index contributed by atoms with van der Waals surface area (Å²) in [6.07, 6.45) is 7.47. The second kappa shape index (κ2) is 10.7. The summed E-state index contributed by atoms with van der Waals surface area (Å²) in [7, 11) is 0. The Bertz CT molecular complexity index is 897. The standard InChI is InChI=1S/C25H37N3O2S/c1-4-20(29)13-18(16-27-24(30)25(26)11-7-5-6-8-12-25)14-23-28-21-10-9-19(17(2)3)15-22(21)31-23/h9-10,15,17-18H,4-8,11-14,16,26H2,1-3H3,(H,27,30)/t18-/m0/s1. The topological polar surface area (TPSA) is 85.1 Å².